The maximum atomic E-state index is 12.4. The standard InChI is InChI=1S/C18H22N2O/c1-13-9-10-20(12-13)14(2)18(21)19-17-8-7-15-5-3-4-6-16(15)11-17/h3-8,11,13-14H,9-10,12H2,1-2H3,(H,19,21)/t13-,14-/m0/s1. The Morgan fingerprint density at radius 2 is 2.00 bits per heavy atom. The van der Waals surface area contributed by atoms with Gasteiger partial charge in [-0.1, -0.05) is 37.3 Å². The van der Waals surface area contributed by atoms with Gasteiger partial charge in [-0.25, -0.2) is 0 Å². The summed E-state index contributed by atoms with van der Waals surface area (Å²) in [5.41, 5.74) is 0.873. The van der Waals surface area contributed by atoms with Crippen LogP contribution in [0.2, 0.25) is 0 Å². The number of likely N-dealkylation sites (tertiary alicyclic amines) is 1. The van der Waals surface area contributed by atoms with Gasteiger partial charge in [0.05, 0.1) is 6.04 Å². The summed E-state index contributed by atoms with van der Waals surface area (Å²) in [7, 11) is 0. The SMILES string of the molecule is C[C@H]1CCN([C@@H](C)C(=O)Nc2ccc3ccccc3c2)C1. The number of nitrogens with one attached hydrogen (secondary N) is 1. The summed E-state index contributed by atoms with van der Waals surface area (Å²) in [5, 5.41) is 5.39. The summed E-state index contributed by atoms with van der Waals surface area (Å²) in [6.07, 6.45) is 1.19. The number of nitrogens with zero attached hydrogens (tertiary/aromatic N) is 1. The molecule has 0 unspecified atom stereocenters. The number of amides is 1. The van der Waals surface area contributed by atoms with E-state index in [1.54, 1.807) is 0 Å². The lowest BCUT2D eigenvalue weighted by atomic mass is 10.1. The van der Waals surface area contributed by atoms with Crippen LogP contribution in [-0.4, -0.2) is 29.9 Å². The van der Waals surface area contributed by atoms with E-state index in [1.807, 2.05) is 37.3 Å². The molecule has 0 bridgehead atoms. The van der Waals surface area contributed by atoms with E-state index >= 15 is 0 Å². The number of fused-ring (bicyclic) bond motifs is 1. The zero-order chi connectivity index (χ0) is 14.8. The third-order valence-electron chi connectivity index (χ3n) is 4.40. The molecule has 0 spiro atoms. The Balaban J connectivity index is 1.70. The summed E-state index contributed by atoms with van der Waals surface area (Å²) in [5.74, 6) is 0.778. The fourth-order valence-electron chi connectivity index (χ4n) is 3.00. The Kier molecular flexibility index (Phi) is 3.93. The quantitative estimate of drug-likeness (QED) is 0.934. The van der Waals surface area contributed by atoms with Crippen molar-refractivity contribution in [3.05, 3.63) is 42.5 Å². The van der Waals surface area contributed by atoms with E-state index in [2.05, 4.69) is 29.3 Å². The van der Waals surface area contributed by atoms with Gasteiger partial charge >= 0.3 is 0 Å². The highest BCUT2D eigenvalue weighted by Crippen LogP contribution is 2.21. The molecule has 21 heavy (non-hydrogen) atoms. The predicted molar refractivity (Wildman–Crippen MR) is 87.4 cm³/mol. The van der Waals surface area contributed by atoms with E-state index in [9.17, 15) is 4.79 Å². The first-order chi connectivity index (χ1) is 10.1. The second-order valence-corrected chi connectivity index (χ2v) is 6.12. The highest BCUT2D eigenvalue weighted by Gasteiger charge is 2.27. The van der Waals surface area contributed by atoms with Gasteiger partial charge in [-0.05, 0) is 48.7 Å². The smallest absolute Gasteiger partial charge is 0.241 e. The molecule has 3 rings (SSSR count). The topological polar surface area (TPSA) is 32.3 Å². The van der Waals surface area contributed by atoms with Crippen LogP contribution in [0.5, 0.6) is 0 Å². The van der Waals surface area contributed by atoms with Crippen molar-refractivity contribution >= 4 is 22.4 Å². The molecule has 2 aromatic carbocycles. The van der Waals surface area contributed by atoms with E-state index < -0.39 is 0 Å². The average Bonchev–Trinajstić information content (AvgIpc) is 2.93. The second-order valence-electron chi connectivity index (χ2n) is 6.12. The molecule has 0 aliphatic carbocycles. The normalized spacial score (nSPS) is 20.6. The third kappa shape index (κ3) is 3.08. The molecule has 0 radical (unpaired) electrons. The van der Waals surface area contributed by atoms with Crippen molar-refractivity contribution in [3.63, 3.8) is 0 Å². The fourth-order valence-corrected chi connectivity index (χ4v) is 3.00. The van der Waals surface area contributed by atoms with Crippen molar-refractivity contribution in [1.82, 2.24) is 4.90 Å². The first-order valence-corrected chi connectivity index (χ1v) is 7.67. The molecule has 110 valence electrons. The minimum absolute atomic E-state index is 0.0681. The highest BCUT2D eigenvalue weighted by molar-refractivity contribution is 5.97. The number of carbonyl (C=O) groups is 1. The molecule has 3 nitrogen and oxygen atoms in total. The van der Waals surface area contributed by atoms with Crippen molar-refractivity contribution in [3.8, 4) is 0 Å². The zero-order valence-corrected chi connectivity index (χ0v) is 12.7. The van der Waals surface area contributed by atoms with Crippen molar-refractivity contribution in [2.75, 3.05) is 18.4 Å². The van der Waals surface area contributed by atoms with Gasteiger partial charge in [-0.3, -0.25) is 9.69 Å². The maximum absolute atomic E-state index is 12.4. The molecule has 1 aliphatic heterocycles. The molecule has 3 heteroatoms. The van der Waals surface area contributed by atoms with Gasteiger partial charge in [-0.15, -0.1) is 0 Å². The lowest BCUT2D eigenvalue weighted by molar-refractivity contribution is -0.120. The molecule has 1 saturated heterocycles. The summed E-state index contributed by atoms with van der Waals surface area (Å²) in [6.45, 7) is 6.28. The van der Waals surface area contributed by atoms with E-state index in [0.717, 1.165) is 24.2 Å². The lowest BCUT2D eigenvalue weighted by Gasteiger charge is -2.23. The molecule has 1 heterocycles. The van der Waals surface area contributed by atoms with Crippen molar-refractivity contribution < 1.29 is 4.79 Å². The lowest BCUT2D eigenvalue weighted by Crippen LogP contribution is -2.40. The van der Waals surface area contributed by atoms with E-state index in [0.29, 0.717) is 5.92 Å². The summed E-state index contributed by atoms with van der Waals surface area (Å²) in [4.78, 5) is 14.7. The minimum Gasteiger partial charge on any atom is -0.325 e. The monoisotopic (exact) mass is 282 g/mol. The van der Waals surface area contributed by atoms with Crippen LogP contribution in [0.1, 0.15) is 20.3 Å². The van der Waals surface area contributed by atoms with Crippen LogP contribution in [0.25, 0.3) is 10.8 Å². The van der Waals surface area contributed by atoms with Crippen LogP contribution in [-0.2, 0) is 4.79 Å². The maximum Gasteiger partial charge on any atom is 0.241 e. The number of anilines is 1. The van der Waals surface area contributed by atoms with Gasteiger partial charge in [0.15, 0.2) is 0 Å². The Morgan fingerprint density at radius 3 is 2.71 bits per heavy atom. The number of rotatable bonds is 3. The van der Waals surface area contributed by atoms with Gasteiger partial charge in [-0.2, -0.15) is 0 Å². The molecule has 1 aliphatic rings. The molecule has 0 saturated carbocycles. The third-order valence-corrected chi connectivity index (χ3v) is 4.40. The zero-order valence-electron chi connectivity index (χ0n) is 12.7. The highest BCUT2D eigenvalue weighted by atomic mass is 16.2. The summed E-state index contributed by atoms with van der Waals surface area (Å²) in [6, 6.07) is 14.2. The van der Waals surface area contributed by atoms with Gasteiger partial charge in [0, 0.05) is 12.2 Å². The molecule has 1 fully saturated rings. The Hall–Kier alpha value is -1.87. The molecule has 2 aromatic rings. The predicted octanol–water partition coefficient (Wildman–Crippen LogP) is 3.51. The molecule has 1 amide bonds. The molecular weight excluding hydrogens is 260 g/mol. The average molecular weight is 282 g/mol. The van der Waals surface area contributed by atoms with Crippen molar-refractivity contribution in [2.45, 2.75) is 26.3 Å². The van der Waals surface area contributed by atoms with Crippen LogP contribution in [0, 0.1) is 5.92 Å². The van der Waals surface area contributed by atoms with Crippen molar-refractivity contribution in [1.29, 1.82) is 0 Å². The van der Waals surface area contributed by atoms with E-state index in [4.69, 9.17) is 0 Å². The number of carbonyl (C=O) groups excluding carboxylic acids is 1. The molecule has 0 aromatic heterocycles. The first kappa shape index (κ1) is 14.1. The van der Waals surface area contributed by atoms with E-state index in [1.165, 1.54) is 11.8 Å². The van der Waals surface area contributed by atoms with Crippen LogP contribution < -0.4 is 5.32 Å². The number of hydrogen-bond acceptors (Lipinski definition) is 2. The van der Waals surface area contributed by atoms with Gasteiger partial charge < -0.3 is 5.32 Å². The van der Waals surface area contributed by atoms with Crippen LogP contribution in [0.3, 0.4) is 0 Å². The van der Waals surface area contributed by atoms with Gasteiger partial charge in [0.25, 0.3) is 0 Å². The van der Waals surface area contributed by atoms with Crippen LogP contribution in [0.4, 0.5) is 5.69 Å². The minimum atomic E-state index is -0.0681. The molecular formula is C18H22N2O. The molecule has 1 N–H and O–H groups in total. The van der Waals surface area contributed by atoms with Gasteiger partial charge in [0.1, 0.15) is 0 Å². The first-order valence-electron chi connectivity index (χ1n) is 7.67. The Morgan fingerprint density at radius 1 is 1.24 bits per heavy atom. The van der Waals surface area contributed by atoms with Gasteiger partial charge in [0.2, 0.25) is 5.91 Å². The summed E-state index contributed by atoms with van der Waals surface area (Å²) < 4.78 is 0. The number of hydrogen-bond donors (Lipinski definition) is 1. The number of benzene rings is 2. The molecule has 2 atom stereocenters. The van der Waals surface area contributed by atoms with E-state index in [-0.39, 0.29) is 11.9 Å². The Bertz CT molecular complexity index is 652. The fraction of sp³-hybridized carbons (Fsp3) is 0.389. The van der Waals surface area contributed by atoms with Crippen molar-refractivity contribution in [2.24, 2.45) is 5.92 Å². The summed E-state index contributed by atoms with van der Waals surface area (Å²) >= 11 is 0. The second kappa shape index (κ2) is 5.86. The Labute approximate surface area is 125 Å². The van der Waals surface area contributed by atoms with Crippen LogP contribution in [0.15, 0.2) is 42.5 Å². The van der Waals surface area contributed by atoms with Crippen LogP contribution >= 0.6 is 0 Å². The largest absolute Gasteiger partial charge is 0.325 e.